The third kappa shape index (κ3) is 4.38. The molecule has 2 aromatic heterocycles. The van der Waals surface area contributed by atoms with Crippen LogP contribution in [0.2, 0.25) is 0 Å². The van der Waals surface area contributed by atoms with Crippen molar-refractivity contribution in [2.45, 2.75) is 58.8 Å². The van der Waals surface area contributed by atoms with Crippen LogP contribution in [-0.4, -0.2) is 44.1 Å². The van der Waals surface area contributed by atoms with E-state index in [9.17, 15) is 14.4 Å². The summed E-state index contributed by atoms with van der Waals surface area (Å²) in [4.78, 5) is 39.3. The molecule has 4 rings (SSSR count). The molecule has 1 aliphatic heterocycles. The van der Waals surface area contributed by atoms with Crippen molar-refractivity contribution < 1.29 is 9.53 Å². The predicted octanol–water partition coefficient (Wildman–Crippen LogP) is 1.23. The van der Waals surface area contributed by atoms with Gasteiger partial charge in [0, 0.05) is 26.2 Å². The Bertz CT molecular complexity index is 1220. The molecular formula is C23H29N5O4. The van der Waals surface area contributed by atoms with Crippen LogP contribution in [0.15, 0.2) is 39.9 Å². The molecule has 1 amide bonds. The Labute approximate surface area is 185 Å². The summed E-state index contributed by atoms with van der Waals surface area (Å²) in [6, 6.07) is 9.69. The summed E-state index contributed by atoms with van der Waals surface area (Å²) in [7, 11) is 0. The smallest absolute Gasteiger partial charge is 0.332 e. The molecule has 0 saturated carbocycles. The van der Waals surface area contributed by atoms with Crippen molar-refractivity contribution in [3.63, 3.8) is 0 Å². The molecule has 32 heavy (non-hydrogen) atoms. The van der Waals surface area contributed by atoms with Gasteiger partial charge in [0.15, 0.2) is 5.52 Å². The van der Waals surface area contributed by atoms with Crippen LogP contribution in [0.4, 0.5) is 0 Å². The number of fused-ring (bicyclic) bond motifs is 1. The maximum Gasteiger partial charge on any atom is 0.332 e. The zero-order chi connectivity index (χ0) is 22.7. The Kier molecular flexibility index (Phi) is 6.55. The Morgan fingerprint density at radius 2 is 1.97 bits per heavy atom. The van der Waals surface area contributed by atoms with Crippen molar-refractivity contribution in [3.05, 3.63) is 62.4 Å². The third-order valence-electron chi connectivity index (χ3n) is 5.89. The van der Waals surface area contributed by atoms with E-state index < -0.39 is 5.69 Å². The average Bonchev–Trinajstić information content (AvgIpc) is 3.43. The van der Waals surface area contributed by atoms with Gasteiger partial charge in [0.25, 0.3) is 5.56 Å². The minimum absolute atomic E-state index is 0.0140. The van der Waals surface area contributed by atoms with E-state index in [1.54, 1.807) is 11.6 Å². The van der Waals surface area contributed by atoms with Crippen LogP contribution >= 0.6 is 0 Å². The van der Waals surface area contributed by atoms with Crippen molar-refractivity contribution in [1.29, 1.82) is 0 Å². The summed E-state index contributed by atoms with van der Waals surface area (Å²) in [5, 5.41) is 7.30. The summed E-state index contributed by atoms with van der Waals surface area (Å²) >= 11 is 0. The van der Waals surface area contributed by atoms with Crippen LogP contribution in [0.5, 0.6) is 0 Å². The fourth-order valence-corrected chi connectivity index (χ4v) is 4.25. The number of carbonyl (C=O) groups excluding carboxylic acids is 1. The number of aryl methyl sites for hydroxylation is 3. The van der Waals surface area contributed by atoms with E-state index in [1.165, 1.54) is 9.13 Å². The number of carbonyl (C=O) groups is 1. The SMILES string of the molecule is CCn1nc(C)c2c1c(=O)n(CCc1ccccc1)c(=O)n2CC(=O)NC[C@@H]1CCCO1. The van der Waals surface area contributed by atoms with Crippen molar-refractivity contribution in [1.82, 2.24) is 24.2 Å². The van der Waals surface area contributed by atoms with Crippen LogP contribution in [-0.2, 0) is 35.6 Å². The van der Waals surface area contributed by atoms with E-state index in [0.717, 1.165) is 18.4 Å². The molecule has 0 spiro atoms. The molecule has 1 aromatic carbocycles. The number of aromatic nitrogens is 4. The number of nitrogens with one attached hydrogen (secondary N) is 1. The molecule has 0 unspecified atom stereocenters. The fraction of sp³-hybridized carbons (Fsp3) is 0.478. The minimum Gasteiger partial charge on any atom is -0.376 e. The molecule has 0 bridgehead atoms. The van der Waals surface area contributed by atoms with Crippen molar-refractivity contribution in [2.75, 3.05) is 13.2 Å². The third-order valence-corrected chi connectivity index (χ3v) is 5.89. The molecule has 9 heteroatoms. The zero-order valence-electron chi connectivity index (χ0n) is 18.5. The van der Waals surface area contributed by atoms with Gasteiger partial charge in [-0.15, -0.1) is 0 Å². The number of rotatable bonds is 8. The van der Waals surface area contributed by atoms with Gasteiger partial charge in [-0.2, -0.15) is 5.10 Å². The first-order valence-electron chi connectivity index (χ1n) is 11.1. The molecule has 170 valence electrons. The molecule has 3 heterocycles. The van der Waals surface area contributed by atoms with Crippen molar-refractivity contribution in [3.8, 4) is 0 Å². The Hall–Kier alpha value is -3.20. The van der Waals surface area contributed by atoms with Gasteiger partial charge < -0.3 is 10.1 Å². The summed E-state index contributed by atoms with van der Waals surface area (Å²) in [6.45, 7) is 5.31. The molecule has 1 atom stereocenters. The van der Waals surface area contributed by atoms with Crippen LogP contribution in [0.1, 0.15) is 31.0 Å². The summed E-state index contributed by atoms with van der Waals surface area (Å²) in [5.74, 6) is -0.291. The first kappa shape index (κ1) is 22.0. The van der Waals surface area contributed by atoms with Gasteiger partial charge in [-0.1, -0.05) is 30.3 Å². The second-order valence-corrected chi connectivity index (χ2v) is 8.10. The van der Waals surface area contributed by atoms with Crippen molar-refractivity contribution in [2.24, 2.45) is 0 Å². The first-order chi connectivity index (χ1) is 15.5. The minimum atomic E-state index is -0.496. The van der Waals surface area contributed by atoms with Gasteiger partial charge in [0.05, 0.1) is 11.8 Å². The van der Waals surface area contributed by atoms with Crippen LogP contribution in [0.3, 0.4) is 0 Å². The van der Waals surface area contributed by atoms with E-state index in [0.29, 0.717) is 42.8 Å². The van der Waals surface area contributed by atoms with E-state index in [4.69, 9.17) is 4.74 Å². The van der Waals surface area contributed by atoms with Crippen LogP contribution in [0.25, 0.3) is 11.0 Å². The summed E-state index contributed by atoms with van der Waals surface area (Å²) in [6.07, 6.45) is 2.45. The van der Waals surface area contributed by atoms with Gasteiger partial charge in [-0.25, -0.2) is 4.79 Å². The topological polar surface area (TPSA) is 100 Å². The Morgan fingerprint density at radius 1 is 1.19 bits per heavy atom. The maximum absolute atomic E-state index is 13.4. The van der Waals surface area contributed by atoms with Gasteiger partial charge in [-0.3, -0.25) is 23.4 Å². The highest BCUT2D eigenvalue weighted by molar-refractivity contribution is 5.81. The highest BCUT2D eigenvalue weighted by Gasteiger charge is 2.22. The predicted molar refractivity (Wildman–Crippen MR) is 121 cm³/mol. The lowest BCUT2D eigenvalue weighted by atomic mass is 10.1. The molecule has 0 radical (unpaired) electrons. The average molecular weight is 440 g/mol. The molecule has 0 aliphatic carbocycles. The number of amides is 1. The van der Waals surface area contributed by atoms with E-state index >= 15 is 0 Å². The number of benzene rings is 1. The largest absolute Gasteiger partial charge is 0.376 e. The van der Waals surface area contributed by atoms with E-state index in [-0.39, 0.29) is 30.7 Å². The molecule has 1 aliphatic rings. The van der Waals surface area contributed by atoms with Gasteiger partial charge in [-0.05, 0) is 38.7 Å². The molecule has 3 aromatic rings. The van der Waals surface area contributed by atoms with Gasteiger partial charge >= 0.3 is 5.69 Å². The van der Waals surface area contributed by atoms with Crippen LogP contribution in [0, 0.1) is 6.92 Å². The number of hydrogen-bond donors (Lipinski definition) is 1. The maximum atomic E-state index is 13.4. The molecular weight excluding hydrogens is 410 g/mol. The zero-order valence-corrected chi connectivity index (χ0v) is 18.5. The molecule has 1 N–H and O–H groups in total. The Morgan fingerprint density at radius 3 is 2.66 bits per heavy atom. The quantitative estimate of drug-likeness (QED) is 0.569. The Balaban J connectivity index is 1.69. The number of ether oxygens (including phenoxy) is 1. The second kappa shape index (κ2) is 9.52. The standard InChI is InChI=1S/C23H29N5O4/c1-3-28-21-20(16(2)25-28)27(15-19(29)24-14-18-10-7-13-32-18)23(31)26(22(21)30)12-11-17-8-5-4-6-9-17/h4-6,8-9,18H,3,7,10-15H2,1-2H3,(H,24,29)/t18-/m0/s1. The lowest BCUT2D eigenvalue weighted by molar-refractivity contribution is -0.122. The highest BCUT2D eigenvalue weighted by Crippen LogP contribution is 2.14. The molecule has 9 nitrogen and oxygen atoms in total. The normalized spacial score (nSPS) is 16.0. The lowest BCUT2D eigenvalue weighted by Crippen LogP contribution is -2.44. The van der Waals surface area contributed by atoms with E-state index in [2.05, 4.69) is 10.4 Å². The second-order valence-electron chi connectivity index (χ2n) is 8.10. The lowest BCUT2D eigenvalue weighted by Gasteiger charge is -2.14. The highest BCUT2D eigenvalue weighted by atomic mass is 16.5. The van der Waals surface area contributed by atoms with Gasteiger partial charge in [0.2, 0.25) is 5.91 Å². The number of nitrogens with zero attached hydrogens (tertiary/aromatic N) is 4. The monoisotopic (exact) mass is 439 g/mol. The summed E-state index contributed by atoms with van der Waals surface area (Å²) in [5.41, 5.74) is 1.48. The summed E-state index contributed by atoms with van der Waals surface area (Å²) < 4.78 is 9.75. The van der Waals surface area contributed by atoms with Crippen molar-refractivity contribution >= 4 is 16.9 Å². The van der Waals surface area contributed by atoms with Crippen LogP contribution < -0.4 is 16.6 Å². The fourth-order valence-electron chi connectivity index (χ4n) is 4.25. The number of hydrogen-bond acceptors (Lipinski definition) is 5. The molecule has 1 saturated heterocycles. The molecule has 1 fully saturated rings. The van der Waals surface area contributed by atoms with E-state index in [1.807, 2.05) is 37.3 Å². The van der Waals surface area contributed by atoms with Gasteiger partial charge in [0.1, 0.15) is 12.1 Å². The first-order valence-corrected chi connectivity index (χ1v) is 11.1.